The van der Waals surface area contributed by atoms with Crippen LogP contribution in [0, 0.1) is 17.8 Å². The summed E-state index contributed by atoms with van der Waals surface area (Å²) >= 11 is 0. The van der Waals surface area contributed by atoms with Gasteiger partial charge in [-0.2, -0.15) is 0 Å². The van der Waals surface area contributed by atoms with Gasteiger partial charge < -0.3 is 23.7 Å². The molecule has 9 heteroatoms. The second-order valence-corrected chi connectivity index (χ2v) is 11.3. The number of esters is 2. The molecule has 1 heterocycles. The molecule has 0 saturated carbocycles. The number of benzene rings is 2. The number of rotatable bonds is 17. The molecule has 3 atom stereocenters. The van der Waals surface area contributed by atoms with E-state index in [1.165, 1.54) is 26.3 Å². The van der Waals surface area contributed by atoms with Crippen molar-refractivity contribution in [3.05, 3.63) is 72.6 Å². The minimum Gasteiger partial charge on any atom is -0.493 e. The highest BCUT2D eigenvalue weighted by atomic mass is 16.7. The van der Waals surface area contributed by atoms with E-state index in [1.807, 2.05) is 63.2 Å². The number of pyridine rings is 1. The number of ether oxygens (including phenoxy) is 5. The largest absolute Gasteiger partial charge is 0.493 e. The van der Waals surface area contributed by atoms with Crippen LogP contribution in [0.2, 0.25) is 0 Å². The van der Waals surface area contributed by atoms with Crippen LogP contribution in [0.25, 0.3) is 11.1 Å². The van der Waals surface area contributed by atoms with Gasteiger partial charge in [0.05, 0.1) is 13.0 Å². The van der Waals surface area contributed by atoms with Crippen LogP contribution in [0.1, 0.15) is 71.3 Å². The van der Waals surface area contributed by atoms with Crippen molar-refractivity contribution in [2.45, 2.75) is 73.0 Å². The van der Waals surface area contributed by atoms with Crippen molar-refractivity contribution >= 4 is 17.7 Å². The zero-order chi connectivity index (χ0) is 32.9. The van der Waals surface area contributed by atoms with Gasteiger partial charge in [0.25, 0.3) is 0 Å². The lowest BCUT2D eigenvalue weighted by atomic mass is 9.89. The smallest absolute Gasteiger partial charge is 0.310 e. The zero-order valence-electron chi connectivity index (χ0n) is 27.3. The van der Waals surface area contributed by atoms with Crippen molar-refractivity contribution in [2.24, 2.45) is 17.8 Å². The molecule has 1 aromatic heterocycles. The fourth-order valence-electron chi connectivity index (χ4n) is 5.17. The summed E-state index contributed by atoms with van der Waals surface area (Å²) in [6, 6.07) is 19.5. The molecule has 0 N–H and O–H groups in total. The lowest BCUT2D eigenvalue weighted by molar-refractivity contribution is -0.161. The predicted octanol–water partition coefficient (Wildman–Crippen LogP) is 7.32. The Morgan fingerprint density at radius 3 is 2.09 bits per heavy atom. The average molecular weight is 620 g/mol. The molecule has 3 rings (SSSR count). The van der Waals surface area contributed by atoms with Crippen LogP contribution in [0.4, 0.5) is 0 Å². The van der Waals surface area contributed by atoms with Gasteiger partial charge in [0.2, 0.25) is 6.79 Å². The second kappa shape index (κ2) is 17.2. The molecule has 0 fully saturated rings. The summed E-state index contributed by atoms with van der Waals surface area (Å²) < 4.78 is 28.3. The van der Waals surface area contributed by atoms with Crippen molar-refractivity contribution in [3.63, 3.8) is 0 Å². The van der Waals surface area contributed by atoms with Crippen molar-refractivity contribution in [1.29, 1.82) is 0 Å². The van der Waals surface area contributed by atoms with Gasteiger partial charge in [-0.25, -0.2) is 4.98 Å². The first-order chi connectivity index (χ1) is 21.6. The van der Waals surface area contributed by atoms with Crippen molar-refractivity contribution in [1.82, 2.24) is 4.98 Å². The fraction of sp³-hybridized carbons (Fsp3) is 0.444. The van der Waals surface area contributed by atoms with E-state index in [9.17, 15) is 14.4 Å². The number of ketones is 1. The Labute approximate surface area is 266 Å². The number of carbonyl (C=O) groups excluding carboxylic acids is 3. The summed E-state index contributed by atoms with van der Waals surface area (Å²) in [6.45, 7) is 10.6. The number of hydrogen-bond acceptors (Lipinski definition) is 9. The standard InChI is InChI=1S/C36H45NO8/c1-8-26(9-2)34(45-29-17-15-28(16-18-29)27-13-11-10-12-14-27)24(5)44-36(40)30(23(3)4)21-31(39)33-35(43-22-42-25(6)38)32(41-7)19-20-37-33/h10-20,23-24,26,30,34H,8-9,21-22H2,1-7H3/t24-,30-,34-/m0/s1. The van der Waals surface area contributed by atoms with Crippen LogP contribution in [-0.4, -0.2) is 48.8 Å². The monoisotopic (exact) mass is 619 g/mol. The maximum absolute atomic E-state index is 13.6. The van der Waals surface area contributed by atoms with Gasteiger partial charge >= 0.3 is 11.9 Å². The molecular formula is C36H45NO8. The highest BCUT2D eigenvalue weighted by Crippen LogP contribution is 2.33. The Balaban J connectivity index is 1.76. The summed E-state index contributed by atoms with van der Waals surface area (Å²) in [5, 5.41) is 0. The van der Waals surface area contributed by atoms with Crippen molar-refractivity contribution in [2.75, 3.05) is 13.9 Å². The summed E-state index contributed by atoms with van der Waals surface area (Å²) in [4.78, 5) is 42.5. The van der Waals surface area contributed by atoms with Gasteiger partial charge in [-0.05, 0) is 54.9 Å². The molecule has 0 saturated heterocycles. The Hall–Kier alpha value is -4.40. The number of nitrogens with zero attached hydrogens (tertiary/aromatic N) is 1. The number of hydrogen-bond donors (Lipinski definition) is 0. The maximum atomic E-state index is 13.6. The van der Waals surface area contributed by atoms with E-state index < -0.39 is 42.6 Å². The zero-order valence-corrected chi connectivity index (χ0v) is 27.3. The molecule has 0 amide bonds. The molecule has 0 bridgehead atoms. The molecule has 242 valence electrons. The molecule has 0 spiro atoms. The Morgan fingerprint density at radius 2 is 1.51 bits per heavy atom. The first-order valence-corrected chi connectivity index (χ1v) is 15.4. The Kier molecular flexibility index (Phi) is 13.4. The van der Waals surface area contributed by atoms with E-state index in [2.05, 4.69) is 31.0 Å². The molecule has 45 heavy (non-hydrogen) atoms. The number of carbonyl (C=O) groups is 3. The molecule has 0 aliphatic rings. The van der Waals surface area contributed by atoms with Crippen molar-refractivity contribution in [3.8, 4) is 28.4 Å². The third-order valence-corrected chi connectivity index (χ3v) is 7.84. The summed E-state index contributed by atoms with van der Waals surface area (Å²) in [7, 11) is 1.42. The van der Waals surface area contributed by atoms with Crippen LogP contribution in [0.3, 0.4) is 0 Å². The molecule has 9 nitrogen and oxygen atoms in total. The molecule has 0 radical (unpaired) electrons. The minimum absolute atomic E-state index is 0.0230. The number of aromatic nitrogens is 1. The van der Waals surface area contributed by atoms with E-state index in [1.54, 1.807) is 0 Å². The second-order valence-electron chi connectivity index (χ2n) is 11.3. The molecule has 0 unspecified atom stereocenters. The maximum Gasteiger partial charge on any atom is 0.310 e. The molecular weight excluding hydrogens is 574 g/mol. The van der Waals surface area contributed by atoms with Crippen LogP contribution in [-0.2, 0) is 19.1 Å². The normalized spacial score (nSPS) is 13.1. The Morgan fingerprint density at radius 1 is 0.867 bits per heavy atom. The lowest BCUT2D eigenvalue weighted by Gasteiger charge is -2.32. The van der Waals surface area contributed by atoms with Gasteiger partial charge in [0.15, 0.2) is 23.0 Å². The van der Waals surface area contributed by atoms with E-state index in [0.717, 1.165) is 24.0 Å². The minimum atomic E-state index is -0.748. The van der Waals surface area contributed by atoms with Gasteiger partial charge in [-0.1, -0.05) is 70.2 Å². The SMILES string of the molecule is CCC(CC)[C@@H](Oc1ccc(-c2ccccc2)cc1)[C@H](C)OC(=O)[C@@H](CC(=O)c1nccc(OC)c1OCOC(C)=O)C(C)C. The third-order valence-electron chi connectivity index (χ3n) is 7.84. The topological polar surface area (TPSA) is 110 Å². The summed E-state index contributed by atoms with van der Waals surface area (Å²) in [5.41, 5.74) is 2.17. The molecule has 2 aromatic carbocycles. The summed E-state index contributed by atoms with van der Waals surface area (Å²) in [6.07, 6.45) is 1.97. The van der Waals surface area contributed by atoms with E-state index in [-0.39, 0.29) is 35.4 Å². The van der Waals surface area contributed by atoms with Crippen LogP contribution >= 0.6 is 0 Å². The van der Waals surface area contributed by atoms with Gasteiger partial charge in [0.1, 0.15) is 18.0 Å². The summed E-state index contributed by atoms with van der Waals surface area (Å²) in [5.74, 6) is -1.30. The highest BCUT2D eigenvalue weighted by molar-refractivity contribution is 5.99. The van der Waals surface area contributed by atoms with Gasteiger partial charge in [-0.3, -0.25) is 14.4 Å². The van der Waals surface area contributed by atoms with E-state index >= 15 is 0 Å². The molecule has 3 aromatic rings. The van der Waals surface area contributed by atoms with E-state index in [4.69, 9.17) is 23.7 Å². The lowest BCUT2D eigenvalue weighted by Crippen LogP contribution is -2.41. The predicted molar refractivity (Wildman–Crippen MR) is 171 cm³/mol. The fourth-order valence-corrected chi connectivity index (χ4v) is 5.17. The Bertz CT molecular complexity index is 1390. The average Bonchev–Trinajstić information content (AvgIpc) is 3.03. The van der Waals surface area contributed by atoms with Crippen molar-refractivity contribution < 1.29 is 38.1 Å². The number of methoxy groups -OCH3 is 1. The molecule has 0 aliphatic carbocycles. The first kappa shape index (κ1) is 35.1. The number of Topliss-reactive ketones (excluding diaryl/α,β-unsaturated/α-hetero) is 1. The van der Waals surface area contributed by atoms with Gasteiger partial charge in [0, 0.05) is 25.6 Å². The van der Waals surface area contributed by atoms with E-state index in [0.29, 0.717) is 5.75 Å². The third kappa shape index (κ3) is 9.80. The quantitative estimate of drug-likeness (QED) is 0.0872. The van der Waals surface area contributed by atoms with Crippen LogP contribution in [0.5, 0.6) is 17.2 Å². The first-order valence-electron chi connectivity index (χ1n) is 15.4. The highest BCUT2D eigenvalue weighted by Gasteiger charge is 2.34. The molecule has 0 aliphatic heterocycles. The van der Waals surface area contributed by atoms with Crippen LogP contribution < -0.4 is 14.2 Å². The van der Waals surface area contributed by atoms with Gasteiger partial charge in [-0.15, -0.1) is 0 Å². The van der Waals surface area contributed by atoms with Crippen LogP contribution in [0.15, 0.2) is 66.9 Å².